The lowest BCUT2D eigenvalue weighted by atomic mass is 10.1. The smallest absolute Gasteiger partial charge is 0.318 e. The number of para-hydroxylation sites is 1. The van der Waals surface area contributed by atoms with E-state index in [-0.39, 0.29) is 24.2 Å². The molecular formula is C24H27N3O3. The van der Waals surface area contributed by atoms with Crippen LogP contribution in [0, 0.1) is 6.92 Å². The van der Waals surface area contributed by atoms with Crippen LogP contribution in [0.2, 0.25) is 0 Å². The molecule has 1 aromatic heterocycles. The second-order valence-electron chi connectivity index (χ2n) is 7.82. The van der Waals surface area contributed by atoms with Gasteiger partial charge in [-0.1, -0.05) is 48.5 Å². The number of fused-ring (bicyclic) bond motifs is 1. The minimum absolute atomic E-state index is 0.00857. The Balaban J connectivity index is 1.54. The number of urea groups is 1. The van der Waals surface area contributed by atoms with Crippen molar-refractivity contribution in [1.29, 1.82) is 0 Å². The summed E-state index contributed by atoms with van der Waals surface area (Å²) in [7, 11) is 0. The molecule has 1 aliphatic rings. The molecule has 1 atom stereocenters. The van der Waals surface area contributed by atoms with Gasteiger partial charge in [0.15, 0.2) is 0 Å². The Kier molecular flexibility index (Phi) is 6.14. The largest absolute Gasteiger partial charge is 0.376 e. The zero-order valence-corrected chi connectivity index (χ0v) is 17.2. The van der Waals surface area contributed by atoms with Crippen molar-refractivity contribution in [2.45, 2.75) is 39.0 Å². The monoisotopic (exact) mass is 405 g/mol. The van der Waals surface area contributed by atoms with Gasteiger partial charge in [-0.15, -0.1) is 0 Å². The molecule has 0 aliphatic carbocycles. The molecule has 156 valence electrons. The number of ether oxygens (including phenoxy) is 1. The van der Waals surface area contributed by atoms with Crippen LogP contribution in [0.15, 0.2) is 59.4 Å². The molecule has 1 saturated heterocycles. The van der Waals surface area contributed by atoms with Crippen LogP contribution in [-0.4, -0.2) is 35.2 Å². The first kappa shape index (κ1) is 20.2. The maximum Gasteiger partial charge on any atom is 0.318 e. The molecule has 6 nitrogen and oxygen atoms in total. The Bertz CT molecular complexity index is 1070. The highest BCUT2D eigenvalue weighted by molar-refractivity contribution is 5.82. The van der Waals surface area contributed by atoms with E-state index in [4.69, 9.17) is 4.74 Å². The van der Waals surface area contributed by atoms with Gasteiger partial charge in [0.1, 0.15) is 0 Å². The number of aryl methyl sites for hydroxylation is 1. The Morgan fingerprint density at radius 1 is 1.20 bits per heavy atom. The van der Waals surface area contributed by atoms with Crippen LogP contribution in [0.25, 0.3) is 10.9 Å². The van der Waals surface area contributed by atoms with Crippen molar-refractivity contribution in [3.63, 3.8) is 0 Å². The normalized spacial score (nSPS) is 16.0. The number of rotatable bonds is 6. The van der Waals surface area contributed by atoms with Gasteiger partial charge in [-0.25, -0.2) is 4.79 Å². The minimum atomic E-state index is -0.196. The third-order valence-corrected chi connectivity index (χ3v) is 5.55. The molecule has 3 aromatic rings. The van der Waals surface area contributed by atoms with Crippen LogP contribution in [0.1, 0.15) is 29.5 Å². The van der Waals surface area contributed by atoms with Crippen molar-refractivity contribution in [3.05, 3.63) is 81.6 Å². The number of aromatic amines is 1. The molecule has 0 saturated carbocycles. The molecule has 1 aliphatic heterocycles. The van der Waals surface area contributed by atoms with Gasteiger partial charge in [-0.3, -0.25) is 4.79 Å². The van der Waals surface area contributed by atoms with Crippen LogP contribution in [-0.2, 0) is 17.8 Å². The van der Waals surface area contributed by atoms with Crippen molar-refractivity contribution in [2.24, 2.45) is 0 Å². The van der Waals surface area contributed by atoms with E-state index in [1.165, 1.54) is 0 Å². The molecule has 6 heteroatoms. The molecule has 0 spiro atoms. The maximum absolute atomic E-state index is 13.0. The van der Waals surface area contributed by atoms with Crippen molar-refractivity contribution in [1.82, 2.24) is 15.2 Å². The average Bonchev–Trinajstić information content (AvgIpc) is 3.27. The van der Waals surface area contributed by atoms with Crippen molar-refractivity contribution in [3.8, 4) is 0 Å². The van der Waals surface area contributed by atoms with Gasteiger partial charge in [-0.2, -0.15) is 0 Å². The molecule has 0 radical (unpaired) electrons. The molecule has 4 rings (SSSR count). The van der Waals surface area contributed by atoms with E-state index in [1.807, 2.05) is 61.5 Å². The molecule has 2 aromatic carbocycles. The predicted molar refractivity (Wildman–Crippen MR) is 117 cm³/mol. The minimum Gasteiger partial charge on any atom is -0.376 e. The van der Waals surface area contributed by atoms with E-state index < -0.39 is 0 Å². The standard InChI is InChI=1S/C24H27N3O3/c1-17-7-5-10-19-13-20(23(28)26-22(17)19)15-27(16-21-11-6-12-30-21)24(29)25-14-18-8-3-2-4-9-18/h2-5,7-10,13,21H,6,11-12,14-16H2,1H3,(H,25,29)(H,26,28). The van der Waals surface area contributed by atoms with Gasteiger partial charge in [0, 0.05) is 25.3 Å². The maximum atomic E-state index is 13.0. The summed E-state index contributed by atoms with van der Waals surface area (Å²) in [6.07, 6.45) is 1.93. The van der Waals surface area contributed by atoms with Crippen LogP contribution in [0.5, 0.6) is 0 Å². The summed E-state index contributed by atoms with van der Waals surface area (Å²) in [6, 6.07) is 17.4. The van der Waals surface area contributed by atoms with Gasteiger partial charge in [0.05, 0.1) is 18.2 Å². The van der Waals surface area contributed by atoms with Gasteiger partial charge >= 0.3 is 6.03 Å². The fourth-order valence-corrected chi connectivity index (χ4v) is 3.89. The van der Waals surface area contributed by atoms with Crippen LogP contribution in [0.3, 0.4) is 0 Å². The summed E-state index contributed by atoms with van der Waals surface area (Å²) in [4.78, 5) is 30.4. The lowest BCUT2D eigenvalue weighted by molar-refractivity contribution is 0.0793. The van der Waals surface area contributed by atoms with E-state index in [0.717, 1.165) is 41.5 Å². The fraction of sp³-hybridized carbons (Fsp3) is 0.333. The molecule has 1 unspecified atom stereocenters. The van der Waals surface area contributed by atoms with Gasteiger partial charge in [0.2, 0.25) is 0 Å². The number of aromatic nitrogens is 1. The predicted octanol–water partition coefficient (Wildman–Crippen LogP) is 3.73. The lowest BCUT2D eigenvalue weighted by Crippen LogP contribution is -2.43. The Morgan fingerprint density at radius 2 is 2.03 bits per heavy atom. The fourth-order valence-electron chi connectivity index (χ4n) is 3.89. The SMILES string of the molecule is Cc1cccc2cc(CN(CC3CCCO3)C(=O)NCc3ccccc3)c(=O)[nH]c12. The van der Waals surface area contributed by atoms with Gasteiger partial charge < -0.3 is 19.9 Å². The van der Waals surface area contributed by atoms with Crippen molar-refractivity contribution < 1.29 is 9.53 Å². The molecule has 0 bridgehead atoms. The number of nitrogens with one attached hydrogen (secondary N) is 2. The first-order chi connectivity index (χ1) is 14.6. The molecule has 30 heavy (non-hydrogen) atoms. The zero-order chi connectivity index (χ0) is 20.9. The van der Waals surface area contributed by atoms with Gasteiger partial charge in [0.25, 0.3) is 5.56 Å². The van der Waals surface area contributed by atoms with E-state index in [1.54, 1.807) is 4.90 Å². The van der Waals surface area contributed by atoms with E-state index in [2.05, 4.69) is 10.3 Å². The quantitative estimate of drug-likeness (QED) is 0.656. The number of hydrogen-bond acceptors (Lipinski definition) is 3. The van der Waals surface area contributed by atoms with E-state index in [9.17, 15) is 9.59 Å². The highest BCUT2D eigenvalue weighted by Gasteiger charge is 2.23. The number of H-pyrrole nitrogens is 1. The van der Waals surface area contributed by atoms with Crippen molar-refractivity contribution in [2.75, 3.05) is 13.2 Å². The van der Waals surface area contributed by atoms with E-state index >= 15 is 0 Å². The van der Waals surface area contributed by atoms with Gasteiger partial charge in [-0.05, 0) is 42.3 Å². The lowest BCUT2D eigenvalue weighted by Gasteiger charge is -2.26. The topological polar surface area (TPSA) is 74.4 Å². The zero-order valence-electron chi connectivity index (χ0n) is 17.2. The number of benzene rings is 2. The third kappa shape index (κ3) is 4.71. The van der Waals surface area contributed by atoms with Crippen LogP contribution >= 0.6 is 0 Å². The summed E-state index contributed by atoms with van der Waals surface area (Å²) in [5, 5.41) is 3.94. The Hall–Kier alpha value is -3.12. The highest BCUT2D eigenvalue weighted by Crippen LogP contribution is 2.18. The number of nitrogens with zero attached hydrogens (tertiary/aromatic N) is 1. The van der Waals surface area contributed by atoms with Crippen molar-refractivity contribution >= 4 is 16.9 Å². The molecule has 2 N–H and O–H groups in total. The van der Waals surface area contributed by atoms with Crippen LogP contribution < -0.4 is 10.9 Å². The first-order valence-corrected chi connectivity index (χ1v) is 10.4. The second kappa shape index (κ2) is 9.13. The summed E-state index contributed by atoms with van der Waals surface area (Å²) in [5.74, 6) is 0. The molecule has 2 heterocycles. The third-order valence-electron chi connectivity index (χ3n) is 5.55. The first-order valence-electron chi connectivity index (χ1n) is 10.4. The number of hydrogen-bond donors (Lipinski definition) is 2. The average molecular weight is 405 g/mol. The van der Waals surface area contributed by atoms with Crippen LogP contribution in [0.4, 0.5) is 4.79 Å². The number of carbonyl (C=O) groups is 1. The number of carbonyl (C=O) groups excluding carboxylic acids is 1. The summed E-state index contributed by atoms with van der Waals surface area (Å²) < 4.78 is 5.74. The molecular weight excluding hydrogens is 378 g/mol. The number of amides is 2. The number of pyridine rings is 1. The summed E-state index contributed by atoms with van der Waals surface area (Å²) >= 11 is 0. The Labute approximate surface area is 175 Å². The Morgan fingerprint density at radius 3 is 2.80 bits per heavy atom. The van der Waals surface area contributed by atoms with E-state index in [0.29, 0.717) is 18.7 Å². The highest BCUT2D eigenvalue weighted by atomic mass is 16.5. The second-order valence-corrected chi connectivity index (χ2v) is 7.82. The summed E-state index contributed by atoms with van der Waals surface area (Å²) in [6.45, 7) is 3.83. The molecule has 1 fully saturated rings. The molecule has 2 amide bonds. The summed E-state index contributed by atoms with van der Waals surface area (Å²) in [5.41, 5.74) is 3.30.